The second-order valence-electron chi connectivity index (χ2n) is 8.47. The van der Waals surface area contributed by atoms with Crippen molar-refractivity contribution in [3.8, 4) is 0 Å². The molecule has 9 nitrogen and oxygen atoms in total. The van der Waals surface area contributed by atoms with Crippen LogP contribution in [0.4, 0.5) is 0 Å². The lowest BCUT2D eigenvalue weighted by atomic mass is 9.81. The van der Waals surface area contributed by atoms with E-state index in [1.807, 2.05) is 0 Å². The molecule has 1 N–H and O–H groups in total. The number of carbonyl (C=O) groups excluding carboxylic acids is 3. The van der Waals surface area contributed by atoms with Gasteiger partial charge in [0.2, 0.25) is 5.91 Å². The van der Waals surface area contributed by atoms with E-state index in [1.54, 1.807) is 20.8 Å². The van der Waals surface area contributed by atoms with Crippen molar-refractivity contribution in [2.75, 3.05) is 19.7 Å². The largest absolute Gasteiger partial charge is 0.756 e. The van der Waals surface area contributed by atoms with Crippen molar-refractivity contribution in [3.05, 3.63) is 12.2 Å². The number of imide groups is 1. The van der Waals surface area contributed by atoms with Crippen LogP contribution in [-0.4, -0.2) is 47.9 Å². The summed E-state index contributed by atoms with van der Waals surface area (Å²) in [5.41, 5.74) is -0.851. The summed E-state index contributed by atoms with van der Waals surface area (Å²) in [6.07, 6.45) is 5.88. The highest BCUT2D eigenvalue weighted by atomic mass is 31.2. The van der Waals surface area contributed by atoms with Crippen LogP contribution in [0.5, 0.6) is 0 Å². The number of phosphoric acid groups is 1. The smallest absolute Gasteiger partial charge is 0.268 e. The van der Waals surface area contributed by atoms with Crippen LogP contribution in [0.3, 0.4) is 0 Å². The number of phosphoric ester groups is 1. The number of nitrogens with zero attached hydrogens (tertiary/aromatic N) is 1. The van der Waals surface area contributed by atoms with Gasteiger partial charge in [0.1, 0.15) is 0 Å². The number of carbonyl (C=O) groups is 3. The van der Waals surface area contributed by atoms with Crippen LogP contribution in [0.25, 0.3) is 0 Å². The summed E-state index contributed by atoms with van der Waals surface area (Å²) in [6.45, 7) is 5.52. The number of nitrogens with one attached hydrogen (secondary N) is 1. The molecule has 0 bridgehead atoms. The highest BCUT2D eigenvalue weighted by Gasteiger charge is 2.31. The van der Waals surface area contributed by atoms with E-state index in [-0.39, 0.29) is 36.2 Å². The van der Waals surface area contributed by atoms with E-state index in [9.17, 15) is 23.8 Å². The van der Waals surface area contributed by atoms with E-state index in [4.69, 9.17) is 9.05 Å². The van der Waals surface area contributed by atoms with Crippen molar-refractivity contribution in [3.63, 3.8) is 0 Å². The molecule has 1 atom stereocenters. The summed E-state index contributed by atoms with van der Waals surface area (Å²) in [6, 6.07) is 0. The SMILES string of the molecule is CC(C)(C)OP(=O)([O-])OCCCNC(=O)C1CCC(CN2C(=O)C=CC2=O)CC1. The Morgan fingerprint density at radius 1 is 1.21 bits per heavy atom. The van der Waals surface area contributed by atoms with Crippen molar-refractivity contribution in [1.82, 2.24) is 10.2 Å². The van der Waals surface area contributed by atoms with E-state index in [0.717, 1.165) is 12.8 Å². The van der Waals surface area contributed by atoms with Crippen molar-refractivity contribution in [2.45, 2.75) is 58.5 Å². The van der Waals surface area contributed by atoms with Crippen molar-refractivity contribution < 1.29 is 32.9 Å². The van der Waals surface area contributed by atoms with Gasteiger partial charge >= 0.3 is 0 Å². The molecule has 1 aliphatic carbocycles. The molecule has 1 unspecified atom stereocenters. The fraction of sp³-hybridized carbons (Fsp3) is 0.737. The molecule has 29 heavy (non-hydrogen) atoms. The molecular formula is C19H30N2O7P-. The maximum Gasteiger partial charge on any atom is 0.268 e. The first-order chi connectivity index (χ1) is 13.5. The summed E-state index contributed by atoms with van der Waals surface area (Å²) >= 11 is 0. The molecule has 2 rings (SSSR count). The third-order valence-corrected chi connectivity index (χ3v) is 6.08. The van der Waals surface area contributed by atoms with Crippen LogP contribution in [0.1, 0.15) is 52.9 Å². The number of amides is 3. The molecule has 0 saturated heterocycles. The first-order valence-corrected chi connectivity index (χ1v) is 11.4. The molecule has 164 valence electrons. The number of rotatable bonds is 9. The average Bonchev–Trinajstić information content (AvgIpc) is 2.91. The fourth-order valence-electron chi connectivity index (χ4n) is 3.44. The van der Waals surface area contributed by atoms with Gasteiger partial charge in [-0.3, -0.25) is 23.8 Å². The highest BCUT2D eigenvalue weighted by molar-refractivity contribution is 7.45. The Bertz CT molecular complexity index is 675. The maximum absolute atomic E-state index is 12.3. The highest BCUT2D eigenvalue weighted by Crippen LogP contribution is 2.42. The first kappa shape index (κ1) is 23.7. The minimum absolute atomic E-state index is 0.0597. The van der Waals surface area contributed by atoms with Crippen molar-refractivity contribution in [2.24, 2.45) is 11.8 Å². The van der Waals surface area contributed by atoms with Gasteiger partial charge < -0.3 is 19.3 Å². The minimum Gasteiger partial charge on any atom is -0.756 e. The number of hydrogen-bond acceptors (Lipinski definition) is 7. The molecule has 1 aliphatic heterocycles. The third-order valence-electron chi connectivity index (χ3n) is 4.81. The van der Waals surface area contributed by atoms with Crippen LogP contribution in [0.2, 0.25) is 0 Å². The van der Waals surface area contributed by atoms with Crippen LogP contribution in [-0.2, 0) is 28.0 Å². The van der Waals surface area contributed by atoms with Gasteiger partial charge in [0, 0.05) is 31.2 Å². The fourth-order valence-corrected chi connectivity index (χ4v) is 4.52. The Balaban J connectivity index is 1.61. The molecule has 1 saturated carbocycles. The quantitative estimate of drug-likeness (QED) is 0.335. The first-order valence-electron chi connectivity index (χ1n) is 9.94. The third kappa shape index (κ3) is 8.01. The zero-order valence-electron chi connectivity index (χ0n) is 17.2. The van der Waals surface area contributed by atoms with Gasteiger partial charge in [0.25, 0.3) is 19.6 Å². The van der Waals surface area contributed by atoms with Crippen molar-refractivity contribution in [1.29, 1.82) is 0 Å². The molecule has 2 aliphatic rings. The molecule has 0 aromatic carbocycles. The molecule has 0 radical (unpaired) electrons. The summed E-state index contributed by atoms with van der Waals surface area (Å²) in [5, 5.41) is 2.81. The Labute approximate surface area is 171 Å². The predicted octanol–water partition coefficient (Wildman–Crippen LogP) is 1.52. The monoisotopic (exact) mass is 429 g/mol. The van der Waals surface area contributed by atoms with Crippen LogP contribution < -0.4 is 10.2 Å². The molecule has 0 aromatic heterocycles. The Kier molecular flexibility index (Phi) is 8.17. The minimum atomic E-state index is -4.35. The number of hydrogen-bond donors (Lipinski definition) is 1. The van der Waals surface area contributed by atoms with Gasteiger partial charge in [0.15, 0.2) is 0 Å². The molecule has 1 heterocycles. The summed E-state index contributed by atoms with van der Waals surface area (Å²) in [7, 11) is -4.35. The van der Waals surface area contributed by atoms with Gasteiger partial charge in [0.05, 0.1) is 12.2 Å². The second-order valence-corrected chi connectivity index (χ2v) is 9.80. The molecule has 10 heteroatoms. The predicted molar refractivity (Wildman–Crippen MR) is 103 cm³/mol. The lowest BCUT2D eigenvalue weighted by Crippen LogP contribution is -2.38. The maximum atomic E-state index is 12.3. The Morgan fingerprint density at radius 3 is 2.34 bits per heavy atom. The lowest BCUT2D eigenvalue weighted by Gasteiger charge is -2.30. The molecular weight excluding hydrogens is 399 g/mol. The Morgan fingerprint density at radius 2 is 1.79 bits per heavy atom. The topological polar surface area (TPSA) is 125 Å². The van der Waals surface area contributed by atoms with Gasteiger partial charge in [-0.15, -0.1) is 0 Å². The zero-order chi connectivity index (χ0) is 21.7. The van der Waals surface area contributed by atoms with E-state index in [1.165, 1.54) is 17.1 Å². The van der Waals surface area contributed by atoms with Gasteiger partial charge in [-0.1, -0.05) is 0 Å². The van der Waals surface area contributed by atoms with Gasteiger partial charge in [-0.25, -0.2) is 0 Å². The van der Waals surface area contributed by atoms with Crippen LogP contribution in [0, 0.1) is 11.8 Å². The molecule has 0 spiro atoms. The van der Waals surface area contributed by atoms with E-state index >= 15 is 0 Å². The Hall–Kier alpha value is -1.54. The lowest BCUT2D eigenvalue weighted by molar-refractivity contribution is -0.233. The van der Waals surface area contributed by atoms with Crippen molar-refractivity contribution >= 4 is 25.5 Å². The summed E-state index contributed by atoms with van der Waals surface area (Å²) in [4.78, 5) is 48.4. The van der Waals surface area contributed by atoms with Gasteiger partial charge in [-0.2, -0.15) is 0 Å². The summed E-state index contributed by atoms with van der Waals surface area (Å²) < 4.78 is 21.3. The van der Waals surface area contributed by atoms with E-state index in [2.05, 4.69) is 5.32 Å². The second kappa shape index (κ2) is 9.98. The molecule has 3 amide bonds. The summed E-state index contributed by atoms with van der Waals surface area (Å²) in [5.74, 6) is -0.491. The molecule has 1 fully saturated rings. The normalized spacial score (nSPS) is 24.6. The van der Waals surface area contributed by atoms with E-state index in [0.29, 0.717) is 32.4 Å². The van der Waals surface area contributed by atoms with Crippen LogP contribution in [0.15, 0.2) is 12.2 Å². The van der Waals surface area contributed by atoms with Gasteiger partial charge in [-0.05, 0) is 58.8 Å². The average molecular weight is 429 g/mol. The zero-order valence-corrected chi connectivity index (χ0v) is 18.1. The molecule has 0 aromatic rings. The van der Waals surface area contributed by atoms with E-state index < -0.39 is 13.4 Å². The van der Waals surface area contributed by atoms with Crippen LogP contribution >= 0.6 is 7.82 Å². The standard InChI is InChI=1S/C19H31N2O7P/c1-19(2,3)28-29(25,26)27-12-4-11-20-18(24)15-7-5-14(6-8-15)13-21-16(22)9-10-17(21)23/h9-10,14-15H,4-8,11-13H2,1-3H3,(H,20,24)(H,25,26)/p-1.